The van der Waals surface area contributed by atoms with Crippen LogP contribution >= 0.6 is 11.6 Å². The molecule has 0 atom stereocenters. The van der Waals surface area contributed by atoms with Crippen molar-refractivity contribution in [1.29, 1.82) is 0 Å². The third-order valence-electron chi connectivity index (χ3n) is 3.20. The highest BCUT2D eigenvalue weighted by atomic mass is 35.5. The lowest BCUT2D eigenvalue weighted by atomic mass is 10.0. The van der Waals surface area contributed by atoms with E-state index in [-0.39, 0.29) is 6.61 Å². The Balaban J connectivity index is 2.21. The van der Waals surface area contributed by atoms with Crippen LogP contribution in [-0.4, -0.2) is 5.11 Å². The second kappa shape index (κ2) is 6.09. The third-order valence-corrected chi connectivity index (χ3v) is 3.44. The zero-order valence-corrected chi connectivity index (χ0v) is 11.9. The fraction of sp³-hybridized carbons (Fsp3) is 0.250. The van der Waals surface area contributed by atoms with Crippen molar-refractivity contribution in [3.8, 4) is 5.75 Å². The first kappa shape index (κ1) is 13.9. The minimum absolute atomic E-state index is 0.0218. The Kier molecular flexibility index (Phi) is 4.46. The van der Waals surface area contributed by atoms with Gasteiger partial charge in [0.1, 0.15) is 12.4 Å². The predicted molar refractivity (Wildman–Crippen MR) is 77.6 cm³/mol. The van der Waals surface area contributed by atoms with Gasteiger partial charge in [-0.1, -0.05) is 35.9 Å². The minimum atomic E-state index is -0.0218. The summed E-state index contributed by atoms with van der Waals surface area (Å²) in [4.78, 5) is 0. The van der Waals surface area contributed by atoms with Gasteiger partial charge in [-0.25, -0.2) is 0 Å². The molecule has 0 spiro atoms. The molecule has 0 amide bonds. The number of aliphatic hydroxyl groups is 1. The maximum atomic E-state index is 9.37. The molecule has 2 aromatic carbocycles. The number of halogens is 1. The molecular formula is C16H17ClO2. The Morgan fingerprint density at radius 3 is 2.63 bits per heavy atom. The Hall–Kier alpha value is -1.51. The number of benzene rings is 2. The normalized spacial score (nSPS) is 10.5. The lowest BCUT2D eigenvalue weighted by Gasteiger charge is -2.15. The number of hydrogen-bond donors (Lipinski definition) is 1. The fourth-order valence-corrected chi connectivity index (χ4v) is 2.17. The van der Waals surface area contributed by atoms with Crippen LogP contribution in [0.4, 0.5) is 0 Å². The Morgan fingerprint density at radius 2 is 1.95 bits per heavy atom. The first-order valence-electron chi connectivity index (χ1n) is 6.19. The molecule has 0 heterocycles. The molecule has 0 saturated carbocycles. The van der Waals surface area contributed by atoms with Crippen molar-refractivity contribution in [2.75, 3.05) is 0 Å². The van der Waals surface area contributed by atoms with Crippen LogP contribution in [-0.2, 0) is 13.2 Å². The fourth-order valence-electron chi connectivity index (χ4n) is 1.95. The van der Waals surface area contributed by atoms with Crippen LogP contribution in [0.5, 0.6) is 5.75 Å². The molecule has 0 radical (unpaired) electrons. The average molecular weight is 277 g/mol. The van der Waals surface area contributed by atoms with E-state index in [0.29, 0.717) is 11.6 Å². The molecule has 100 valence electrons. The average Bonchev–Trinajstić information content (AvgIpc) is 2.40. The molecular weight excluding hydrogens is 260 g/mol. The molecule has 0 aromatic heterocycles. The van der Waals surface area contributed by atoms with Crippen molar-refractivity contribution in [1.82, 2.24) is 0 Å². The SMILES string of the molecule is Cc1ccc(CO)c(OCc2cccc(Cl)c2)c1C. The summed E-state index contributed by atoms with van der Waals surface area (Å²) in [5, 5.41) is 10.1. The van der Waals surface area contributed by atoms with Crippen LogP contribution in [0.15, 0.2) is 36.4 Å². The zero-order valence-electron chi connectivity index (χ0n) is 11.1. The summed E-state index contributed by atoms with van der Waals surface area (Å²) in [6.07, 6.45) is 0. The summed E-state index contributed by atoms with van der Waals surface area (Å²) < 4.78 is 5.86. The van der Waals surface area contributed by atoms with Crippen molar-refractivity contribution >= 4 is 11.6 Å². The maximum Gasteiger partial charge on any atom is 0.128 e. The van der Waals surface area contributed by atoms with Gasteiger partial charge < -0.3 is 9.84 Å². The smallest absolute Gasteiger partial charge is 0.128 e. The van der Waals surface area contributed by atoms with Crippen LogP contribution in [0.25, 0.3) is 0 Å². The molecule has 2 aromatic rings. The van der Waals surface area contributed by atoms with Crippen molar-refractivity contribution in [3.05, 3.63) is 63.7 Å². The molecule has 2 rings (SSSR count). The summed E-state index contributed by atoms with van der Waals surface area (Å²) in [7, 11) is 0. The topological polar surface area (TPSA) is 29.5 Å². The van der Waals surface area contributed by atoms with Crippen LogP contribution in [0.3, 0.4) is 0 Å². The van der Waals surface area contributed by atoms with Crippen LogP contribution in [0.2, 0.25) is 5.02 Å². The van der Waals surface area contributed by atoms with Gasteiger partial charge in [-0.2, -0.15) is 0 Å². The molecule has 0 fully saturated rings. The van der Waals surface area contributed by atoms with Crippen LogP contribution in [0.1, 0.15) is 22.3 Å². The van der Waals surface area contributed by atoms with E-state index in [1.54, 1.807) is 0 Å². The van der Waals surface area contributed by atoms with Gasteiger partial charge in [0, 0.05) is 10.6 Å². The van der Waals surface area contributed by atoms with Crippen molar-refractivity contribution < 1.29 is 9.84 Å². The first-order chi connectivity index (χ1) is 9.11. The Bertz CT molecular complexity index is 579. The number of aliphatic hydroxyl groups excluding tert-OH is 1. The molecule has 0 bridgehead atoms. The molecule has 2 nitrogen and oxygen atoms in total. The van der Waals surface area contributed by atoms with E-state index in [9.17, 15) is 5.11 Å². The molecule has 0 aliphatic rings. The predicted octanol–water partition coefficient (Wildman–Crippen LogP) is 4.03. The Labute approximate surface area is 118 Å². The summed E-state index contributed by atoms with van der Waals surface area (Å²) in [5.74, 6) is 0.766. The first-order valence-corrected chi connectivity index (χ1v) is 6.57. The van der Waals surface area contributed by atoms with Crippen LogP contribution in [0, 0.1) is 13.8 Å². The van der Waals surface area contributed by atoms with E-state index in [1.165, 1.54) is 0 Å². The van der Waals surface area contributed by atoms with Gasteiger partial charge in [-0.3, -0.25) is 0 Å². The molecule has 3 heteroatoms. The van der Waals surface area contributed by atoms with Gasteiger partial charge in [0.15, 0.2) is 0 Å². The van der Waals surface area contributed by atoms with Crippen molar-refractivity contribution in [3.63, 3.8) is 0 Å². The second-order valence-corrected chi connectivity index (χ2v) is 5.01. The lowest BCUT2D eigenvalue weighted by Crippen LogP contribution is -2.02. The monoisotopic (exact) mass is 276 g/mol. The van der Waals surface area contributed by atoms with E-state index in [0.717, 1.165) is 28.0 Å². The van der Waals surface area contributed by atoms with Crippen LogP contribution < -0.4 is 4.74 Å². The number of ether oxygens (including phenoxy) is 1. The summed E-state index contributed by atoms with van der Waals surface area (Å²) in [6.45, 7) is 4.45. The van der Waals surface area contributed by atoms with Gasteiger partial charge in [-0.05, 0) is 42.7 Å². The third kappa shape index (κ3) is 3.28. The standard InChI is InChI=1S/C16H17ClO2/c1-11-6-7-14(9-18)16(12(11)2)19-10-13-4-3-5-15(17)8-13/h3-8,18H,9-10H2,1-2H3. The van der Waals surface area contributed by atoms with E-state index >= 15 is 0 Å². The molecule has 0 unspecified atom stereocenters. The van der Waals surface area contributed by atoms with Crippen molar-refractivity contribution in [2.45, 2.75) is 27.1 Å². The number of hydrogen-bond acceptors (Lipinski definition) is 2. The summed E-state index contributed by atoms with van der Waals surface area (Å²) in [6, 6.07) is 11.5. The van der Waals surface area contributed by atoms with Gasteiger partial charge in [0.05, 0.1) is 6.61 Å². The highest BCUT2D eigenvalue weighted by Crippen LogP contribution is 2.27. The number of aryl methyl sites for hydroxylation is 1. The highest BCUT2D eigenvalue weighted by molar-refractivity contribution is 6.30. The quantitative estimate of drug-likeness (QED) is 0.914. The largest absolute Gasteiger partial charge is 0.488 e. The summed E-state index contributed by atoms with van der Waals surface area (Å²) >= 11 is 5.95. The van der Waals surface area contributed by atoms with Gasteiger partial charge in [-0.15, -0.1) is 0 Å². The van der Waals surface area contributed by atoms with Gasteiger partial charge in [0.25, 0.3) is 0 Å². The van der Waals surface area contributed by atoms with E-state index < -0.39 is 0 Å². The van der Waals surface area contributed by atoms with E-state index in [4.69, 9.17) is 16.3 Å². The highest BCUT2D eigenvalue weighted by Gasteiger charge is 2.09. The molecule has 0 aliphatic carbocycles. The maximum absolute atomic E-state index is 9.37. The van der Waals surface area contributed by atoms with Gasteiger partial charge in [0.2, 0.25) is 0 Å². The molecule has 19 heavy (non-hydrogen) atoms. The van der Waals surface area contributed by atoms with E-state index in [2.05, 4.69) is 0 Å². The molecule has 0 saturated heterocycles. The van der Waals surface area contributed by atoms with Gasteiger partial charge >= 0.3 is 0 Å². The van der Waals surface area contributed by atoms with E-state index in [1.807, 2.05) is 50.2 Å². The minimum Gasteiger partial charge on any atom is -0.488 e. The zero-order chi connectivity index (χ0) is 13.8. The molecule has 1 N–H and O–H groups in total. The summed E-state index contributed by atoms with van der Waals surface area (Å²) in [5.41, 5.74) is 4.04. The lowest BCUT2D eigenvalue weighted by molar-refractivity contribution is 0.258. The second-order valence-electron chi connectivity index (χ2n) is 4.57. The molecule has 0 aliphatic heterocycles. The van der Waals surface area contributed by atoms with Crippen molar-refractivity contribution in [2.24, 2.45) is 0 Å². The Morgan fingerprint density at radius 1 is 1.16 bits per heavy atom. The number of rotatable bonds is 4.